The van der Waals surface area contributed by atoms with Gasteiger partial charge in [-0.3, -0.25) is 0 Å². The maximum Gasteiger partial charge on any atom is 0.342 e. The summed E-state index contributed by atoms with van der Waals surface area (Å²) in [6.07, 6.45) is 0.630. The van der Waals surface area contributed by atoms with Gasteiger partial charge in [0.1, 0.15) is 11.3 Å². The van der Waals surface area contributed by atoms with E-state index in [1.54, 1.807) is 6.92 Å². The molecule has 0 aromatic heterocycles. The third kappa shape index (κ3) is 2.30. The van der Waals surface area contributed by atoms with Crippen LogP contribution < -0.4 is 0 Å². The van der Waals surface area contributed by atoms with Crippen LogP contribution in [0, 0.1) is 6.92 Å². The highest BCUT2D eigenvalue weighted by Crippen LogP contribution is 2.29. The van der Waals surface area contributed by atoms with Crippen LogP contribution in [0.2, 0.25) is 0 Å². The second kappa shape index (κ2) is 5.53. The van der Waals surface area contributed by atoms with E-state index in [9.17, 15) is 14.7 Å². The molecule has 0 aliphatic rings. The summed E-state index contributed by atoms with van der Waals surface area (Å²) in [6.45, 7) is 3.59. The molecule has 5 nitrogen and oxygen atoms in total. The number of hydrogen-bond donors (Lipinski definition) is 1. The molecule has 1 aromatic rings. The zero-order chi connectivity index (χ0) is 13.9. The van der Waals surface area contributed by atoms with Crippen molar-refractivity contribution in [2.75, 3.05) is 14.2 Å². The van der Waals surface area contributed by atoms with Crippen molar-refractivity contribution in [1.29, 1.82) is 0 Å². The highest BCUT2D eigenvalue weighted by atomic mass is 16.5. The predicted octanol–water partition coefficient (Wildman–Crippen LogP) is 1.84. The number of phenols is 1. The second-order valence-electron chi connectivity index (χ2n) is 3.77. The van der Waals surface area contributed by atoms with E-state index in [-0.39, 0.29) is 16.9 Å². The Balaban J connectivity index is 3.63. The first-order chi connectivity index (χ1) is 8.47. The average Bonchev–Trinajstić information content (AvgIpc) is 2.38. The van der Waals surface area contributed by atoms with Gasteiger partial charge in [0.05, 0.1) is 19.8 Å². The van der Waals surface area contributed by atoms with Crippen LogP contribution in [0.4, 0.5) is 0 Å². The van der Waals surface area contributed by atoms with Gasteiger partial charge >= 0.3 is 11.9 Å². The number of esters is 2. The second-order valence-corrected chi connectivity index (χ2v) is 3.77. The molecular formula is C13H16O5. The highest BCUT2D eigenvalue weighted by Gasteiger charge is 2.26. The minimum Gasteiger partial charge on any atom is -0.507 e. The van der Waals surface area contributed by atoms with E-state index >= 15 is 0 Å². The molecule has 0 aliphatic carbocycles. The molecule has 5 heteroatoms. The minimum absolute atomic E-state index is 0.0567. The number of ether oxygens (including phenoxy) is 2. The molecule has 1 rings (SSSR count). The molecule has 0 amide bonds. The lowest BCUT2D eigenvalue weighted by molar-refractivity contribution is 0.0551. The van der Waals surface area contributed by atoms with Crippen LogP contribution in [0.3, 0.4) is 0 Å². The van der Waals surface area contributed by atoms with Crippen molar-refractivity contribution in [3.8, 4) is 5.75 Å². The van der Waals surface area contributed by atoms with Crippen molar-refractivity contribution in [2.24, 2.45) is 0 Å². The van der Waals surface area contributed by atoms with Gasteiger partial charge in [-0.15, -0.1) is 0 Å². The smallest absolute Gasteiger partial charge is 0.342 e. The van der Waals surface area contributed by atoms with Crippen molar-refractivity contribution >= 4 is 11.9 Å². The van der Waals surface area contributed by atoms with Gasteiger partial charge in [0.2, 0.25) is 0 Å². The van der Waals surface area contributed by atoms with Crippen molar-refractivity contribution in [1.82, 2.24) is 0 Å². The Morgan fingerprint density at radius 2 is 1.67 bits per heavy atom. The van der Waals surface area contributed by atoms with Gasteiger partial charge < -0.3 is 14.6 Å². The quantitative estimate of drug-likeness (QED) is 0.831. The number of aryl methyl sites for hydroxylation is 1. The van der Waals surface area contributed by atoms with Crippen LogP contribution in [0.5, 0.6) is 5.75 Å². The summed E-state index contributed by atoms with van der Waals surface area (Å²) in [7, 11) is 2.41. The number of hydrogen-bond acceptors (Lipinski definition) is 5. The van der Waals surface area contributed by atoms with E-state index in [4.69, 9.17) is 0 Å². The van der Waals surface area contributed by atoms with Crippen molar-refractivity contribution in [3.63, 3.8) is 0 Å². The summed E-state index contributed by atoms with van der Waals surface area (Å²) >= 11 is 0. The van der Waals surface area contributed by atoms with E-state index in [2.05, 4.69) is 9.47 Å². The molecule has 0 heterocycles. The zero-order valence-corrected chi connectivity index (χ0v) is 10.9. The summed E-state index contributed by atoms with van der Waals surface area (Å²) in [5, 5.41) is 9.87. The Hall–Kier alpha value is -2.04. The van der Waals surface area contributed by atoms with E-state index in [1.807, 2.05) is 6.92 Å². The summed E-state index contributed by atoms with van der Waals surface area (Å²) in [6, 6.07) is 1.47. The number of rotatable bonds is 3. The number of methoxy groups -OCH3 is 2. The number of carbonyl (C=O) groups is 2. The number of carbonyl (C=O) groups excluding carboxylic acids is 2. The maximum atomic E-state index is 11.8. The van der Waals surface area contributed by atoms with Crippen molar-refractivity contribution in [3.05, 3.63) is 28.3 Å². The Morgan fingerprint density at radius 3 is 2.11 bits per heavy atom. The molecule has 1 aromatic carbocycles. The molecule has 0 atom stereocenters. The largest absolute Gasteiger partial charge is 0.507 e. The highest BCUT2D eigenvalue weighted by molar-refractivity contribution is 6.06. The van der Waals surface area contributed by atoms with Crippen LogP contribution in [0.15, 0.2) is 6.07 Å². The van der Waals surface area contributed by atoms with Crippen LogP contribution in [-0.4, -0.2) is 31.3 Å². The number of benzene rings is 1. The molecule has 0 fully saturated rings. The first-order valence-electron chi connectivity index (χ1n) is 5.49. The monoisotopic (exact) mass is 252 g/mol. The lowest BCUT2D eigenvalue weighted by Gasteiger charge is -2.14. The van der Waals surface area contributed by atoms with E-state index in [1.165, 1.54) is 20.3 Å². The van der Waals surface area contributed by atoms with Crippen LogP contribution in [0.25, 0.3) is 0 Å². The van der Waals surface area contributed by atoms with Crippen LogP contribution >= 0.6 is 0 Å². The van der Waals surface area contributed by atoms with Crippen LogP contribution in [-0.2, 0) is 15.9 Å². The van der Waals surface area contributed by atoms with Crippen LogP contribution in [0.1, 0.15) is 38.8 Å². The van der Waals surface area contributed by atoms with Crippen molar-refractivity contribution < 1.29 is 24.2 Å². The Bertz CT molecular complexity index is 491. The Labute approximate surface area is 105 Å². The molecule has 98 valence electrons. The van der Waals surface area contributed by atoms with Gasteiger partial charge in [-0.05, 0) is 30.5 Å². The molecule has 0 bridgehead atoms. The van der Waals surface area contributed by atoms with Gasteiger partial charge in [-0.25, -0.2) is 9.59 Å². The van der Waals surface area contributed by atoms with Gasteiger partial charge in [0, 0.05) is 0 Å². The lowest BCUT2D eigenvalue weighted by Crippen LogP contribution is -2.15. The van der Waals surface area contributed by atoms with Gasteiger partial charge in [-0.2, -0.15) is 0 Å². The number of aromatic hydroxyl groups is 1. The Morgan fingerprint density at radius 1 is 1.17 bits per heavy atom. The average molecular weight is 252 g/mol. The molecule has 1 N–H and O–H groups in total. The molecule has 0 radical (unpaired) electrons. The molecule has 0 spiro atoms. The summed E-state index contributed by atoms with van der Waals surface area (Å²) in [5.74, 6) is -1.71. The third-order valence-corrected chi connectivity index (χ3v) is 2.83. The molecule has 18 heavy (non-hydrogen) atoms. The fraction of sp³-hybridized carbons (Fsp3) is 0.385. The molecule has 0 aliphatic heterocycles. The first-order valence-corrected chi connectivity index (χ1v) is 5.49. The Kier molecular flexibility index (Phi) is 4.31. The summed E-state index contributed by atoms with van der Waals surface area (Å²) in [5.41, 5.74) is 1.29. The zero-order valence-electron chi connectivity index (χ0n) is 10.9. The standard InChI is InChI=1S/C13H16O5/c1-5-8-6-9(14)11(13(16)18-4)10(7(8)2)12(15)17-3/h6,14H,5H2,1-4H3. The van der Waals surface area contributed by atoms with E-state index in [0.29, 0.717) is 12.0 Å². The van der Waals surface area contributed by atoms with Crippen molar-refractivity contribution in [2.45, 2.75) is 20.3 Å². The van der Waals surface area contributed by atoms with Gasteiger partial charge in [-0.1, -0.05) is 6.92 Å². The van der Waals surface area contributed by atoms with Gasteiger partial charge in [0.15, 0.2) is 0 Å². The minimum atomic E-state index is -0.765. The normalized spacial score (nSPS) is 10.0. The molecule has 0 saturated carbocycles. The summed E-state index contributed by atoms with van der Waals surface area (Å²) in [4.78, 5) is 23.4. The fourth-order valence-electron chi connectivity index (χ4n) is 1.85. The predicted molar refractivity (Wildman–Crippen MR) is 64.9 cm³/mol. The molecule has 0 saturated heterocycles. The number of phenolic OH excluding ortho intramolecular Hbond substituents is 1. The lowest BCUT2D eigenvalue weighted by atomic mass is 9.94. The SMILES string of the molecule is CCc1cc(O)c(C(=O)OC)c(C(=O)OC)c1C. The maximum absolute atomic E-state index is 11.8. The van der Waals surface area contributed by atoms with E-state index in [0.717, 1.165) is 5.56 Å². The topological polar surface area (TPSA) is 72.8 Å². The molecule has 0 unspecified atom stereocenters. The van der Waals surface area contributed by atoms with E-state index < -0.39 is 11.9 Å². The van der Waals surface area contributed by atoms with Gasteiger partial charge in [0.25, 0.3) is 0 Å². The third-order valence-electron chi connectivity index (χ3n) is 2.83. The molecular weight excluding hydrogens is 236 g/mol. The summed E-state index contributed by atoms with van der Waals surface area (Å²) < 4.78 is 9.22. The first kappa shape index (κ1) is 14.0. The fourth-order valence-corrected chi connectivity index (χ4v) is 1.85.